The second kappa shape index (κ2) is 6.26. The normalized spacial score (nSPS) is 13.2. The SMILES string of the molecule is COC(=O)[C@@](C)(CNC(=O)c1ccco1)c1ccccc1. The number of ether oxygens (including phenoxy) is 1. The van der Waals surface area contributed by atoms with E-state index in [4.69, 9.17) is 9.15 Å². The first-order valence-electron chi connectivity index (χ1n) is 6.53. The van der Waals surface area contributed by atoms with Gasteiger partial charge in [-0.15, -0.1) is 0 Å². The van der Waals surface area contributed by atoms with Crippen molar-refractivity contribution < 1.29 is 18.7 Å². The van der Waals surface area contributed by atoms with Crippen LogP contribution in [-0.4, -0.2) is 25.5 Å². The van der Waals surface area contributed by atoms with Gasteiger partial charge in [0.05, 0.1) is 13.4 Å². The fourth-order valence-electron chi connectivity index (χ4n) is 2.08. The molecule has 5 heteroatoms. The minimum atomic E-state index is -0.960. The molecule has 0 aliphatic rings. The molecule has 1 aromatic carbocycles. The van der Waals surface area contributed by atoms with Crippen LogP contribution >= 0.6 is 0 Å². The second-order valence-corrected chi connectivity index (χ2v) is 4.85. The summed E-state index contributed by atoms with van der Waals surface area (Å²) in [4.78, 5) is 24.1. The molecule has 0 fully saturated rings. The van der Waals surface area contributed by atoms with Crippen LogP contribution < -0.4 is 5.32 Å². The topological polar surface area (TPSA) is 68.5 Å². The van der Waals surface area contributed by atoms with Crippen LogP contribution in [-0.2, 0) is 14.9 Å². The summed E-state index contributed by atoms with van der Waals surface area (Å²) in [5, 5.41) is 2.71. The van der Waals surface area contributed by atoms with Crippen LogP contribution in [0.5, 0.6) is 0 Å². The van der Waals surface area contributed by atoms with E-state index in [-0.39, 0.29) is 18.2 Å². The molecular weight excluding hydrogens is 270 g/mol. The minimum Gasteiger partial charge on any atom is -0.468 e. The van der Waals surface area contributed by atoms with Crippen LogP contribution in [0, 0.1) is 0 Å². The van der Waals surface area contributed by atoms with Crippen molar-refractivity contribution in [3.8, 4) is 0 Å². The van der Waals surface area contributed by atoms with Gasteiger partial charge in [0.25, 0.3) is 5.91 Å². The quantitative estimate of drug-likeness (QED) is 0.855. The highest BCUT2D eigenvalue weighted by Crippen LogP contribution is 2.24. The Labute approximate surface area is 122 Å². The van der Waals surface area contributed by atoms with E-state index in [2.05, 4.69) is 5.32 Å². The predicted octanol–water partition coefficient (Wildman–Crippen LogP) is 2.14. The van der Waals surface area contributed by atoms with Crippen LogP contribution in [0.3, 0.4) is 0 Å². The second-order valence-electron chi connectivity index (χ2n) is 4.85. The molecule has 0 aliphatic carbocycles. The molecule has 2 aromatic rings. The summed E-state index contributed by atoms with van der Waals surface area (Å²) >= 11 is 0. The van der Waals surface area contributed by atoms with Crippen molar-refractivity contribution >= 4 is 11.9 Å². The molecule has 0 bridgehead atoms. The van der Waals surface area contributed by atoms with Gasteiger partial charge in [0.2, 0.25) is 0 Å². The first kappa shape index (κ1) is 14.8. The van der Waals surface area contributed by atoms with Gasteiger partial charge < -0.3 is 14.5 Å². The van der Waals surface area contributed by atoms with E-state index in [0.29, 0.717) is 0 Å². The van der Waals surface area contributed by atoms with Gasteiger partial charge in [-0.25, -0.2) is 0 Å². The Kier molecular flexibility index (Phi) is 4.42. The first-order valence-corrected chi connectivity index (χ1v) is 6.53. The van der Waals surface area contributed by atoms with E-state index in [1.807, 2.05) is 30.3 Å². The third kappa shape index (κ3) is 3.13. The summed E-state index contributed by atoms with van der Waals surface area (Å²) < 4.78 is 9.90. The molecule has 1 aromatic heterocycles. The lowest BCUT2D eigenvalue weighted by Gasteiger charge is -2.27. The number of benzene rings is 1. The molecular formula is C16H17NO4. The highest BCUT2D eigenvalue weighted by molar-refractivity contribution is 5.92. The lowest BCUT2D eigenvalue weighted by molar-refractivity contribution is -0.146. The van der Waals surface area contributed by atoms with Crippen LogP contribution in [0.15, 0.2) is 53.1 Å². The molecule has 0 radical (unpaired) electrons. The summed E-state index contributed by atoms with van der Waals surface area (Å²) in [5.41, 5.74) is -0.185. The van der Waals surface area contributed by atoms with Crippen molar-refractivity contribution in [2.45, 2.75) is 12.3 Å². The van der Waals surface area contributed by atoms with Crippen molar-refractivity contribution in [1.82, 2.24) is 5.32 Å². The van der Waals surface area contributed by atoms with Crippen molar-refractivity contribution in [3.63, 3.8) is 0 Å². The number of hydrogen-bond acceptors (Lipinski definition) is 4. The third-order valence-electron chi connectivity index (χ3n) is 3.39. The lowest BCUT2D eigenvalue weighted by atomic mass is 9.82. The van der Waals surface area contributed by atoms with E-state index in [1.165, 1.54) is 13.4 Å². The summed E-state index contributed by atoms with van der Waals surface area (Å²) in [6.45, 7) is 1.85. The van der Waals surface area contributed by atoms with Crippen LogP contribution in [0.4, 0.5) is 0 Å². The van der Waals surface area contributed by atoms with Gasteiger partial charge in [0.1, 0.15) is 5.41 Å². The van der Waals surface area contributed by atoms with Gasteiger partial charge >= 0.3 is 5.97 Å². The maximum atomic E-state index is 12.1. The number of carbonyl (C=O) groups is 2. The maximum Gasteiger partial charge on any atom is 0.317 e. The van der Waals surface area contributed by atoms with E-state index < -0.39 is 11.4 Å². The van der Waals surface area contributed by atoms with Gasteiger partial charge in [0.15, 0.2) is 5.76 Å². The fourth-order valence-corrected chi connectivity index (χ4v) is 2.08. The zero-order valence-electron chi connectivity index (χ0n) is 12.0. The highest BCUT2D eigenvalue weighted by Gasteiger charge is 2.37. The number of carbonyl (C=O) groups excluding carboxylic acids is 2. The Balaban J connectivity index is 2.18. The molecule has 0 saturated heterocycles. The molecule has 1 N–H and O–H groups in total. The first-order chi connectivity index (χ1) is 10.1. The molecule has 2 rings (SSSR count). The monoisotopic (exact) mass is 287 g/mol. The fraction of sp³-hybridized carbons (Fsp3) is 0.250. The molecule has 1 amide bonds. The molecule has 21 heavy (non-hydrogen) atoms. The summed E-state index contributed by atoms with van der Waals surface area (Å²) in [6, 6.07) is 12.4. The number of methoxy groups -OCH3 is 1. The summed E-state index contributed by atoms with van der Waals surface area (Å²) in [6.07, 6.45) is 1.42. The zero-order chi connectivity index (χ0) is 15.3. The van der Waals surface area contributed by atoms with E-state index >= 15 is 0 Å². The van der Waals surface area contributed by atoms with Gasteiger partial charge in [-0.3, -0.25) is 9.59 Å². The van der Waals surface area contributed by atoms with Crippen molar-refractivity contribution in [2.24, 2.45) is 0 Å². The van der Waals surface area contributed by atoms with Crippen molar-refractivity contribution in [2.75, 3.05) is 13.7 Å². The molecule has 0 saturated carbocycles. The number of furan rings is 1. The molecule has 110 valence electrons. The summed E-state index contributed by atoms with van der Waals surface area (Å²) in [7, 11) is 1.33. The number of esters is 1. The summed E-state index contributed by atoms with van der Waals surface area (Å²) in [5.74, 6) is -0.574. The number of amides is 1. The predicted molar refractivity (Wildman–Crippen MR) is 76.9 cm³/mol. The van der Waals surface area contributed by atoms with E-state index in [1.54, 1.807) is 19.1 Å². The number of hydrogen-bond donors (Lipinski definition) is 1. The molecule has 1 heterocycles. The van der Waals surface area contributed by atoms with Crippen molar-refractivity contribution in [1.29, 1.82) is 0 Å². The molecule has 1 atom stereocenters. The van der Waals surface area contributed by atoms with Crippen LogP contribution in [0.2, 0.25) is 0 Å². The largest absolute Gasteiger partial charge is 0.468 e. The zero-order valence-corrected chi connectivity index (χ0v) is 12.0. The molecule has 0 unspecified atom stereocenters. The standard InChI is InChI=1S/C16H17NO4/c1-16(15(19)20-2,12-7-4-3-5-8-12)11-17-14(18)13-9-6-10-21-13/h3-10H,11H2,1-2H3,(H,17,18)/t16-/m0/s1. The Morgan fingerprint density at radius 2 is 1.90 bits per heavy atom. The van der Waals surface area contributed by atoms with Crippen LogP contribution in [0.1, 0.15) is 23.0 Å². The maximum absolute atomic E-state index is 12.1. The molecule has 0 aliphatic heterocycles. The lowest BCUT2D eigenvalue weighted by Crippen LogP contribution is -2.45. The minimum absolute atomic E-state index is 0.114. The average molecular weight is 287 g/mol. The Bertz CT molecular complexity index is 606. The van der Waals surface area contributed by atoms with E-state index in [9.17, 15) is 9.59 Å². The Hall–Kier alpha value is -2.56. The molecule has 0 spiro atoms. The smallest absolute Gasteiger partial charge is 0.317 e. The third-order valence-corrected chi connectivity index (χ3v) is 3.39. The number of rotatable bonds is 5. The highest BCUT2D eigenvalue weighted by atomic mass is 16.5. The van der Waals surface area contributed by atoms with Gasteiger partial charge in [-0.2, -0.15) is 0 Å². The van der Waals surface area contributed by atoms with E-state index in [0.717, 1.165) is 5.56 Å². The average Bonchev–Trinajstić information content (AvgIpc) is 3.06. The Morgan fingerprint density at radius 3 is 2.48 bits per heavy atom. The van der Waals surface area contributed by atoms with Gasteiger partial charge in [-0.1, -0.05) is 30.3 Å². The van der Waals surface area contributed by atoms with Gasteiger partial charge in [0, 0.05) is 6.54 Å². The number of nitrogens with one attached hydrogen (secondary N) is 1. The van der Waals surface area contributed by atoms with Gasteiger partial charge in [-0.05, 0) is 24.6 Å². The Morgan fingerprint density at radius 1 is 1.19 bits per heavy atom. The molecule has 5 nitrogen and oxygen atoms in total. The van der Waals surface area contributed by atoms with Crippen LogP contribution in [0.25, 0.3) is 0 Å². The van der Waals surface area contributed by atoms with Crippen molar-refractivity contribution in [3.05, 3.63) is 60.1 Å².